The number of benzene rings is 1. The molecule has 7 nitrogen and oxygen atoms in total. The number of primary amides is 1. The molecule has 7 heteroatoms. The molecule has 0 saturated heterocycles. The van der Waals surface area contributed by atoms with Crippen LogP contribution in [0.15, 0.2) is 23.3 Å². The van der Waals surface area contributed by atoms with Gasteiger partial charge in [0.15, 0.2) is 0 Å². The number of amides is 1. The van der Waals surface area contributed by atoms with Crippen LogP contribution >= 0.6 is 0 Å². The zero-order chi connectivity index (χ0) is 14.4. The van der Waals surface area contributed by atoms with Crippen LogP contribution in [0.2, 0.25) is 0 Å². The predicted octanol–water partition coefficient (Wildman–Crippen LogP) is 1.44. The van der Waals surface area contributed by atoms with Gasteiger partial charge < -0.3 is 15.8 Å². The molecule has 0 fully saturated rings. The second kappa shape index (κ2) is 6.79. The Kier molecular flexibility index (Phi) is 4.81. The first-order chi connectivity index (χ1) is 9.72. The minimum absolute atomic E-state index is 0.396. The average Bonchev–Trinajstić information content (AvgIpc) is 2.89. The minimum atomic E-state index is -0.535. The van der Waals surface area contributed by atoms with Crippen molar-refractivity contribution in [1.29, 1.82) is 0 Å². The van der Waals surface area contributed by atoms with Crippen LogP contribution in [0.25, 0.3) is 10.4 Å². The van der Waals surface area contributed by atoms with E-state index in [1.807, 2.05) is 18.2 Å². The fourth-order valence-corrected chi connectivity index (χ4v) is 2.21. The van der Waals surface area contributed by atoms with E-state index in [0.717, 1.165) is 23.3 Å². The summed E-state index contributed by atoms with van der Waals surface area (Å²) < 4.78 is 5.44. The fraction of sp³-hybridized carbons (Fsp3) is 0.462. The molecule has 2 rings (SSSR count). The molecule has 0 saturated carbocycles. The first-order valence-electron chi connectivity index (χ1n) is 6.51. The molecule has 1 unspecified atom stereocenters. The third-order valence-corrected chi connectivity index (χ3v) is 3.18. The molecule has 1 aliphatic heterocycles. The van der Waals surface area contributed by atoms with Gasteiger partial charge in [0.2, 0.25) is 5.91 Å². The molecule has 1 aromatic rings. The Morgan fingerprint density at radius 1 is 1.60 bits per heavy atom. The van der Waals surface area contributed by atoms with E-state index < -0.39 is 11.9 Å². The van der Waals surface area contributed by atoms with Crippen molar-refractivity contribution in [2.75, 3.05) is 19.7 Å². The van der Waals surface area contributed by atoms with E-state index in [1.165, 1.54) is 0 Å². The van der Waals surface area contributed by atoms with Crippen LogP contribution in [0.1, 0.15) is 23.6 Å². The van der Waals surface area contributed by atoms with Crippen molar-refractivity contribution < 1.29 is 9.53 Å². The summed E-state index contributed by atoms with van der Waals surface area (Å²) in [6.45, 7) is 1.63. The molecule has 1 aromatic carbocycles. The van der Waals surface area contributed by atoms with Gasteiger partial charge in [-0.15, -0.1) is 0 Å². The lowest BCUT2D eigenvalue weighted by Crippen LogP contribution is -2.34. The zero-order valence-electron chi connectivity index (χ0n) is 11.1. The normalized spacial score (nSPS) is 14.0. The smallest absolute Gasteiger partial charge is 0.239 e. The van der Waals surface area contributed by atoms with Crippen molar-refractivity contribution in [2.24, 2.45) is 10.8 Å². The summed E-state index contributed by atoms with van der Waals surface area (Å²) in [4.78, 5) is 14.2. The number of nitrogens with zero attached hydrogens (tertiary/aromatic N) is 3. The Bertz CT molecular complexity index is 540. The number of nitrogens with one attached hydrogen (secondary N) is 1. The first kappa shape index (κ1) is 14.2. The van der Waals surface area contributed by atoms with Gasteiger partial charge in [0, 0.05) is 17.9 Å². The number of ether oxygens (including phenoxy) is 1. The van der Waals surface area contributed by atoms with E-state index in [4.69, 9.17) is 16.0 Å². The highest BCUT2D eigenvalue weighted by Crippen LogP contribution is 2.28. The third-order valence-electron chi connectivity index (χ3n) is 3.18. The molecule has 0 bridgehead atoms. The van der Waals surface area contributed by atoms with Crippen molar-refractivity contribution in [2.45, 2.75) is 18.9 Å². The van der Waals surface area contributed by atoms with Gasteiger partial charge in [0.25, 0.3) is 0 Å². The molecule has 3 N–H and O–H groups in total. The van der Waals surface area contributed by atoms with Crippen LogP contribution in [0.4, 0.5) is 0 Å². The molecular formula is C13H17N5O2. The van der Waals surface area contributed by atoms with Gasteiger partial charge in [0.1, 0.15) is 11.8 Å². The second-order valence-electron chi connectivity index (χ2n) is 4.56. The van der Waals surface area contributed by atoms with Crippen molar-refractivity contribution in [3.8, 4) is 5.75 Å². The maximum Gasteiger partial charge on any atom is 0.239 e. The zero-order valence-corrected chi connectivity index (χ0v) is 11.1. The van der Waals surface area contributed by atoms with Crippen molar-refractivity contribution in [3.05, 3.63) is 39.8 Å². The first-order valence-corrected chi connectivity index (χ1v) is 6.51. The van der Waals surface area contributed by atoms with Gasteiger partial charge in [-0.05, 0) is 41.8 Å². The summed E-state index contributed by atoms with van der Waals surface area (Å²) in [5.74, 6) is 0.452. The van der Waals surface area contributed by atoms with Crippen LogP contribution in [-0.4, -0.2) is 25.6 Å². The fourth-order valence-electron chi connectivity index (χ4n) is 2.21. The van der Waals surface area contributed by atoms with Crippen LogP contribution in [0.3, 0.4) is 0 Å². The van der Waals surface area contributed by atoms with Crippen LogP contribution < -0.4 is 15.8 Å². The standard InChI is InChI=1S/C13H17N5O2/c14-13(19)12(16-5-1-6-17-18-15)10-2-3-11-9(8-10)4-7-20-11/h2-3,8,12,16H,1,4-7H2,(H2,14,19). The summed E-state index contributed by atoms with van der Waals surface area (Å²) >= 11 is 0. The van der Waals surface area contributed by atoms with Gasteiger partial charge >= 0.3 is 0 Å². The lowest BCUT2D eigenvalue weighted by molar-refractivity contribution is -0.120. The molecule has 1 heterocycles. The highest BCUT2D eigenvalue weighted by molar-refractivity contribution is 5.81. The Balaban J connectivity index is 2.01. The Morgan fingerprint density at radius 3 is 3.20 bits per heavy atom. The van der Waals surface area contributed by atoms with E-state index in [-0.39, 0.29) is 0 Å². The highest BCUT2D eigenvalue weighted by atomic mass is 16.5. The average molecular weight is 275 g/mol. The van der Waals surface area contributed by atoms with Crippen LogP contribution in [0, 0.1) is 0 Å². The number of carbonyl (C=O) groups is 1. The van der Waals surface area contributed by atoms with Gasteiger partial charge in [-0.1, -0.05) is 11.2 Å². The number of carbonyl (C=O) groups excluding carboxylic acids is 1. The summed E-state index contributed by atoms with van der Waals surface area (Å²) in [5, 5.41) is 6.53. The molecule has 0 spiro atoms. The van der Waals surface area contributed by atoms with E-state index in [0.29, 0.717) is 26.1 Å². The number of hydrogen-bond donors (Lipinski definition) is 2. The van der Waals surface area contributed by atoms with Gasteiger partial charge in [-0.25, -0.2) is 0 Å². The topological polar surface area (TPSA) is 113 Å². The maximum atomic E-state index is 11.6. The molecule has 20 heavy (non-hydrogen) atoms. The summed E-state index contributed by atoms with van der Waals surface area (Å²) in [5.41, 5.74) is 15.6. The number of nitrogens with two attached hydrogens (primary N) is 1. The van der Waals surface area contributed by atoms with Gasteiger partial charge in [0.05, 0.1) is 6.61 Å². The summed E-state index contributed by atoms with van der Waals surface area (Å²) in [7, 11) is 0. The Morgan fingerprint density at radius 2 is 2.45 bits per heavy atom. The summed E-state index contributed by atoms with van der Waals surface area (Å²) in [6.07, 6.45) is 1.51. The van der Waals surface area contributed by atoms with E-state index in [1.54, 1.807) is 0 Å². The lowest BCUT2D eigenvalue weighted by Gasteiger charge is -2.16. The Hall–Kier alpha value is -2.24. The lowest BCUT2D eigenvalue weighted by atomic mass is 10.0. The van der Waals surface area contributed by atoms with Crippen molar-refractivity contribution in [1.82, 2.24) is 5.32 Å². The highest BCUT2D eigenvalue weighted by Gasteiger charge is 2.20. The predicted molar refractivity (Wildman–Crippen MR) is 74.2 cm³/mol. The third kappa shape index (κ3) is 3.40. The van der Waals surface area contributed by atoms with Crippen molar-refractivity contribution in [3.63, 3.8) is 0 Å². The number of azide groups is 1. The van der Waals surface area contributed by atoms with Gasteiger partial charge in [-0.2, -0.15) is 0 Å². The summed E-state index contributed by atoms with van der Waals surface area (Å²) in [6, 6.07) is 5.14. The minimum Gasteiger partial charge on any atom is -0.493 e. The number of hydrogen-bond acceptors (Lipinski definition) is 4. The van der Waals surface area contributed by atoms with Crippen LogP contribution in [0.5, 0.6) is 5.75 Å². The molecule has 0 radical (unpaired) electrons. The number of fused-ring (bicyclic) bond motifs is 1. The van der Waals surface area contributed by atoms with E-state index in [9.17, 15) is 4.79 Å². The molecule has 0 aliphatic carbocycles. The second-order valence-corrected chi connectivity index (χ2v) is 4.56. The van der Waals surface area contributed by atoms with Crippen LogP contribution in [-0.2, 0) is 11.2 Å². The maximum absolute atomic E-state index is 11.6. The monoisotopic (exact) mass is 275 g/mol. The van der Waals surface area contributed by atoms with Gasteiger partial charge in [-0.3, -0.25) is 4.79 Å². The molecule has 1 amide bonds. The number of rotatable bonds is 7. The quantitative estimate of drug-likeness (QED) is 0.339. The van der Waals surface area contributed by atoms with E-state index in [2.05, 4.69) is 15.3 Å². The SMILES string of the molecule is [N-]=[N+]=NCCCNC(C(N)=O)c1ccc2c(c1)CCO2. The molecule has 0 aromatic heterocycles. The Labute approximate surface area is 116 Å². The van der Waals surface area contributed by atoms with E-state index >= 15 is 0 Å². The molecule has 1 atom stereocenters. The molecule has 1 aliphatic rings. The van der Waals surface area contributed by atoms with Crippen molar-refractivity contribution >= 4 is 5.91 Å². The largest absolute Gasteiger partial charge is 0.493 e. The molecular weight excluding hydrogens is 258 g/mol. The molecule has 106 valence electrons.